The van der Waals surface area contributed by atoms with Gasteiger partial charge in [0, 0.05) is 6.07 Å². The number of nitriles is 1. The summed E-state index contributed by atoms with van der Waals surface area (Å²) in [6.07, 6.45) is -4.38. The van der Waals surface area contributed by atoms with Gasteiger partial charge in [-0.3, -0.25) is 0 Å². The second-order valence-electron chi connectivity index (χ2n) is 3.52. The lowest BCUT2D eigenvalue weighted by molar-refractivity contribution is -0.137. The van der Waals surface area contributed by atoms with E-state index in [-0.39, 0.29) is 11.5 Å². The minimum absolute atomic E-state index is 0.104. The van der Waals surface area contributed by atoms with E-state index in [2.05, 4.69) is 5.10 Å². The molecular formula is C11H7F3N4. The highest BCUT2D eigenvalue weighted by Crippen LogP contribution is 2.29. The van der Waals surface area contributed by atoms with Crippen molar-refractivity contribution < 1.29 is 13.2 Å². The molecule has 0 aliphatic carbocycles. The van der Waals surface area contributed by atoms with E-state index < -0.39 is 11.7 Å². The van der Waals surface area contributed by atoms with Gasteiger partial charge in [0.25, 0.3) is 0 Å². The third-order valence-electron chi connectivity index (χ3n) is 2.29. The molecule has 0 unspecified atom stereocenters. The number of nitrogens with zero attached hydrogens (tertiary/aromatic N) is 3. The molecule has 1 aromatic heterocycles. The Kier molecular flexibility index (Phi) is 2.71. The average Bonchev–Trinajstić information content (AvgIpc) is 2.70. The van der Waals surface area contributed by atoms with Gasteiger partial charge < -0.3 is 5.73 Å². The number of halogens is 3. The molecule has 2 N–H and O–H groups in total. The molecule has 0 atom stereocenters. The summed E-state index contributed by atoms with van der Waals surface area (Å²) in [7, 11) is 0. The molecule has 0 amide bonds. The summed E-state index contributed by atoms with van der Waals surface area (Å²) in [5.41, 5.74) is 5.31. The zero-order chi connectivity index (χ0) is 13.3. The number of nitrogen functional groups attached to an aromatic ring is 1. The summed E-state index contributed by atoms with van der Waals surface area (Å²) in [6, 6.07) is 7.50. The SMILES string of the molecule is N#Cc1cc(N)n(-c2ccc(C(F)(F)F)cc2)n1. The summed E-state index contributed by atoms with van der Waals surface area (Å²) in [5.74, 6) is 0.186. The molecule has 1 aromatic carbocycles. The van der Waals surface area contributed by atoms with Crippen LogP contribution in [-0.4, -0.2) is 9.78 Å². The van der Waals surface area contributed by atoms with E-state index in [1.165, 1.54) is 22.9 Å². The van der Waals surface area contributed by atoms with Crippen molar-refractivity contribution in [2.45, 2.75) is 6.18 Å². The van der Waals surface area contributed by atoms with E-state index >= 15 is 0 Å². The standard InChI is InChI=1S/C11H7F3N4/c12-11(13,14)7-1-3-9(4-2-7)18-10(16)5-8(6-15)17-18/h1-5H,16H2. The Hall–Kier alpha value is -2.49. The zero-order valence-corrected chi connectivity index (χ0v) is 8.94. The lowest BCUT2D eigenvalue weighted by atomic mass is 10.2. The van der Waals surface area contributed by atoms with Crippen LogP contribution in [0.15, 0.2) is 30.3 Å². The summed E-state index contributed by atoms with van der Waals surface area (Å²) in [6.45, 7) is 0. The van der Waals surface area contributed by atoms with Gasteiger partial charge in [-0.1, -0.05) is 0 Å². The van der Waals surface area contributed by atoms with Crippen molar-refractivity contribution >= 4 is 5.82 Å². The van der Waals surface area contributed by atoms with Gasteiger partial charge in [0.1, 0.15) is 11.9 Å². The van der Waals surface area contributed by atoms with Crippen LogP contribution in [0.2, 0.25) is 0 Å². The Balaban J connectivity index is 2.41. The maximum Gasteiger partial charge on any atom is 0.416 e. The molecular weight excluding hydrogens is 245 g/mol. The van der Waals surface area contributed by atoms with Gasteiger partial charge in [0.05, 0.1) is 11.3 Å². The van der Waals surface area contributed by atoms with Crippen LogP contribution < -0.4 is 5.73 Å². The lowest BCUT2D eigenvalue weighted by Gasteiger charge is -2.08. The molecule has 2 aromatic rings. The lowest BCUT2D eigenvalue weighted by Crippen LogP contribution is -2.06. The van der Waals surface area contributed by atoms with E-state index in [1.807, 2.05) is 0 Å². The van der Waals surface area contributed by atoms with Crippen LogP contribution in [0.5, 0.6) is 0 Å². The molecule has 0 aliphatic rings. The first-order chi connectivity index (χ1) is 8.41. The molecule has 0 bridgehead atoms. The number of rotatable bonds is 1. The Morgan fingerprint density at radius 2 is 1.83 bits per heavy atom. The van der Waals surface area contributed by atoms with Crippen LogP contribution in [0.3, 0.4) is 0 Å². The van der Waals surface area contributed by atoms with Crippen LogP contribution in [0.1, 0.15) is 11.3 Å². The van der Waals surface area contributed by atoms with Crippen LogP contribution >= 0.6 is 0 Å². The number of benzene rings is 1. The van der Waals surface area contributed by atoms with E-state index in [0.29, 0.717) is 5.69 Å². The molecule has 0 saturated heterocycles. The highest BCUT2D eigenvalue weighted by molar-refractivity contribution is 5.46. The normalized spacial score (nSPS) is 11.2. The number of anilines is 1. The molecule has 2 rings (SSSR count). The summed E-state index contributed by atoms with van der Waals surface area (Å²) in [5, 5.41) is 12.5. The highest BCUT2D eigenvalue weighted by atomic mass is 19.4. The fraction of sp³-hybridized carbons (Fsp3) is 0.0909. The number of aromatic nitrogens is 2. The summed E-state index contributed by atoms with van der Waals surface area (Å²) >= 11 is 0. The Bertz CT molecular complexity index is 605. The van der Waals surface area contributed by atoms with Crippen molar-refractivity contribution in [2.75, 3.05) is 5.73 Å². The summed E-state index contributed by atoms with van der Waals surface area (Å²) < 4.78 is 38.3. The molecule has 18 heavy (non-hydrogen) atoms. The van der Waals surface area contributed by atoms with Gasteiger partial charge in [-0.2, -0.15) is 23.5 Å². The monoisotopic (exact) mass is 252 g/mol. The van der Waals surface area contributed by atoms with Gasteiger partial charge in [-0.15, -0.1) is 0 Å². The third kappa shape index (κ3) is 2.13. The molecule has 4 nitrogen and oxygen atoms in total. The smallest absolute Gasteiger partial charge is 0.384 e. The second kappa shape index (κ2) is 4.07. The van der Waals surface area contributed by atoms with Crippen molar-refractivity contribution in [1.29, 1.82) is 5.26 Å². The predicted molar refractivity (Wildman–Crippen MR) is 57.7 cm³/mol. The average molecular weight is 252 g/mol. The minimum Gasteiger partial charge on any atom is -0.384 e. The maximum absolute atomic E-state index is 12.4. The maximum atomic E-state index is 12.4. The minimum atomic E-state index is -4.38. The number of nitrogens with two attached hydrogens (primary N) is 1. The van der Waals surface area contributed by atoms with Crippen LogP contribution in [0, 0.1) is 11.3 Å². The van der Waals surface area contributed by atoms with Gasteiger partial charge in [-0.25, -0.2) is 4.68 Å². The van der Waals surface area contributed by atoms with E-state index in [9.17, 15) is 13.2 Å². The van der Waals surface area contributed by atoms with E-state index in [4.69, 9.17) is 11.0 Å². The molecule has 92 valence electrons. The quantitative estimate of drug-likeness (QED) is 0.847. The Labute approximate surface area is 100 Å². The molecule has 1 heterocycles. The van der Waals surface area contributed by atoms with Crippen LogP contribution in [0.25, 0.3) is 5.69 Å². The molecule has 7 heteroatoms. The van der Waals surface area contributed by atoms with Crippen molar-refractivity contribution in [2.24, 2.45) is 0 Å². The first-order valence-electron chi connectivity index (χ1n) is 4.85. The largest absolute Gasteiger partial charge is 0.416 e. The molecule has 0 aliphatic heterocycles. The molecule has 0 saturated carbocycles. The topological polar surface area (TPSA) is 67.6 Å². The predicted octanol–water partition coefficient (Wildman–Crippen LogP) is 2.34. The first-order valence-corrected chi connectivity index (χ1v) is 4.85. The third-order valence-corrected chi connectivity index (χ3v) is 2.29. The molecule has 0 radical (unpaired) electrons. The number of hydrogen-bond acceptors (Lipinski definition) is 3. The van der Waals surface area contributed by atoms with Crippen LogP contribution in [0.4, 0.5) is 19.0 Å². The van der Waals surface area contributed by atoms with Crippen LogP contribution in [-0.2, 0) is 6.18 Å². The first kappa shape index (κ1) is 12.0. The van der Waals surface area contributed by atoms with Gasteiger partial charge >= 0.3 is 6.18 Å². The molecule has 0 fully saturated rings. The fourth-order valence-corrected chi connectivity index (χ4v) is 1.45. The Morgan fingerprint density at radius 1 is 1.22 bits per heavy atom. The Morgan fingerprint density at radius 3 is 2.28 bits per heavy atom. The van der Waals surface area contributed by atoms with E-state index in [0.717, 1.165) is 12.1 Å². The van der Waals surface area contributed by atoms with Crippen molar-refractivity contribution in [1.82, 2.24) is 9.78 Å². The van der Waals surface area contributed by atoms with Gasteiger partial charge in [-0.05, 0) is 24.3 Å². The van der Waals surface area contributed by atoms with Gasteiger partial charge in [0.2, 0.25) is 0 Å². The zero-order valence-electron chi connectivity index (χ0n) is 8.94. The highest BCUT2D eigenvalue weighted by Gasteiger charge is 2.30. The van der Waals surface area contributed by atoms with E-state index in [1.54, 1.807) is 6.07 Å². The number of hydrogen-bond donors (Lipinski definition) is 1. The number of alkyl halides is 3. The van der Waals surface area contributed by atoms with Crippen molar-refractivity contribution in [3.63, 3.8) is 0 Å². The van der Waals surface area contributed by atoms with Gasteiger partial charge in [0.15, 0.2) is 5.69 Å². The van der Waals surface area contributed by atoms with Crippen molar-refractivity contribution in [3.05, 3.63) is 41.6 Å². The fourth-order valence-electron chi connectivity index (χ4n) is 1.45. The van der Waals surface area contributed by atoms with Crippen molar-refractivity contribution in [3.8, 4) is 11.8 Å². The second-order valence-corrected chi connectivity index (χ2v) is 3.52. The summed E-state index contributed by atoms with van der Waals surface area (Å²) in [4.78, 5) is 0. The molecule has 0 spiro atoms.